The summed E-state index contributed by atoms with van der Waals surface area (Å²) in [6, 6.07) is 17.4. The van der Waals surface area contributed by atoms with Crippen LogP contribution >= 0.6 is 0 Å². The molecular formula is C18H17ClN2O2. The van der Waals surface area contributed by atoms with Gasteiger partial charge in [-0.25, -0.2) is 0 Å². The molecule has 0 atom stereocenters. The fourth-order valence-electron chi connectivity index (χ4n) is 2.38. The number of nitrogens with zero attached hydrogens (tertiary/aromatic N) is 1. The fraction of sp³-hybridized carbons (Fsp3) is 0.111. The molecule has 0 aliphatic heterocycles. The number of amides is 1. The van der Waals surface area contributed by atoms with Crippen LogP contribution in [0.3, 0.4) is 0 Å². The summed E-state index contributed by atoms with van der Waals surface area (Å²) < 4.78 is 7.10. The lowest BCUT2D eigenvalue weighted by molar-refractivity contribution is -0.682. The zero-order valence-corrected chi connectivity index (χ0v) is 13.5. The molecule has 1 amide bonds. The van der Waals surface area contributed by atoms with Crippen LogP contribution in [0.5, 0.6) is 5.75 Å². The van der Waals surface area contributed by atoms with E-state index in [1.807, 2.05) is 65.5 Å². The minimum atomic E-state index is -0.0928. The van der Waals surface area contributed by atoms with Gasteiger partial charge in [-0.1, -0.05) is 30.3 Å². The molecule has 1 N–H and O–H groups in total. The van der Waals surface area contributed by atoms with E-state index < -0.39 is 0 Å². The molecule has 0 saturated heterocycles. The highest BCUT2D eigenvalue weighted by Crippen LogP contribution is 2.22. The Labute approximate surface area is 141 Å². The summed E-state index contributed by atoms with van der Waals surface area (Å²) >= 11 is 0. The third kappa shape index (κ3) is 3.99. The molecular weight excluding hydrogens is 312 g/mol. The number of hydrogen-bond acceptors (Lipinski definition) is 2. The van der Waals surface area contributed by atoms with Crippen molar-refractivity contribution in [2.24, 2.45) is 0 Å². The van der Waals surface area contributed by atoms with Crippen molar-refractivity contribution in [3.63, 3.8) is 0 Å². The molecule has 0 fully saturated rings. The molecule has 3 aromatic rings. The van der Waals surface area contributed by atoms with Crippen molar-refractivity contribution in [1.29, 1.82) is 0 Å². The first-order chi connectivity index (χ1) is 10.8. The molecule has 1 heterocycles. The summed E-state index contributed by atoms with van der Waals surface area (Å²) in [4.78, 5) is 12.2. The maximum absolute atomic E-state index is 12.2. The maximum Gasteiger partial charge on any atom is 0.290 e. The van der Waals surface area contributed by atoms with Gasteiger partial charge in [-0.2, -0.15) is 4.57 Å². The number of benzene rings is 2. The van der Waals surface area contributed by atoms with Gasteiger partial charge >= 0.3 is 0 Å². The number of methoxy groups -OCH3 is 1. The largest absolute Gasteiger partial charge is 1.00 e. The van der Waals surface area contributed by atoms with Crippen LogP contribution in [-0.4, -0.2) is 13.0 Å². The number of anilines is 1. The second-order valence-corrected chi connectivity index (χ2v) is 4.99. The van der Waals surface area contributed by atoms with Crippen molar-refractivity contribution in [2.75, 3.05) is 12.4 Å². The van der Waals surface area contributed by atoms with E-state index in [0.29, 0.717) is 11.4 Å². The molecule has 118 valence electrons. The van der Waals surface area contributed by atoms with Crippen molar-refractivity contribution in [1.82, 2.24) is 0 Å². The van der Waals surface area contributed by atoms with E-state index in [1.165, 1.54) is 0 Å². The average molecular weight is 329 g/mol. The van der Waals surface area contributed by atoms with Gasteiger partial charge in [0.05, 0.1) is 12.8 Å². The van der Waals surface area contributed by atoms with Gasteiger partial charge in [-0.05, 0) is 23.6 Å². The van der Waals surface area contributed by atoms with Crippen molar-refractivity contribution in [2.45, 2.75) is 6.54 Å². The third-order valence-electron chi connectivity index (χ3n) is 3.45. The molecule has 4 nitrogen and oxygen atoms in total. The van der Waals surface area contributed by atoms with Gasteiger partial charge in [0.2, 0.25) is 6.54 Å². The standard InChI is InChI=1S/C18H16N2O2.ClH/c1-22-17-9-5-4-8-16(17)19-18(21)13-20-11-10-14-6-2-3-7-15(14)12-20;/h2-12H,13H2,1H3;1H. The van der Waals surface area contributed by atoms with Crippen LogP contribution in [0.4, 0.5) is 5.69 Å². The van der Waals surface area contributed by atoms with E-state index in [-0.39, 0.29) is 24.9 Å². The minimum absolute atomic E-state index is 0. The van der Waals surface area contributed by atoms with Crippen LogP contribution in [-0.2, 0) is 11.3 Å². The summed E-state index contributed by atoms with van der Waals surface area (Å²) in [6.07, 6.45) is 3.88. The molecule has 0 unspecified atom stereocenters. The lowest BCUT2D eigenvalue weighted by Crippen LogP contribution is -3.00. The van der Waals surface area contributed by atoms with Crippen LogP contribution in [0.25, 0.3) is 10.8 Å². The number of nitrogens with one attached hydrogen (secondary N) is 1. The Balaban J connectivity index is 0.00000192. The highest BCUT2D eigenvalue weighted by molar-refractivity contribution is 5.91. The summed E-state index contributed by atoms with van der Waals surface area (Å²) in [5, 5.41) is 5.14. The van der Waals surface area contributed by atoms with Crippen molar-refractivity contribution >= 4 is 22.4 Å². The first-order valence-electron chi connectivity index (χ1n) is 7.07. The number of hydrogen-bond donors (Lipinski definition) is 1. The van der Waals surface area contributed by atoms with Gasteiger partial charge in [0.1, 0.15) is 5.75 Å². The third-order valence-corrected chi connectivity index (χ3v) is 3.45. The van der Waals surface area contributed by atoms with Crippen LogP contribution in [0.1, 0.15) is 0 Å². The number of aromatic nitrogens is 1. The van der Waals surface area contributed by atoms with Gasteiger partial charge in [-0.3, -0.25) is 4.79 Å². The maximum atomic E-state index is 12.2. The molecule has 1 aromatic heterocycles. The number of fused-ring (bicyclic) bond motifs is 1. The number of para-hydroxylation sites is 2. The summed E-state index contributed by atoms with van der Waals surface area (Å²) in [5.41, 5.74) is 0.677. The summed E-state index contributed by atoms with van der Waals surface area (Å²) in [5.74, 6) is 0.559. The quantitative estimate of drug-likeness (QED) is 0.673. The minimum Gasteiger partial charge on any atom is -1.00 e. The summed E-state index contributed by atoms with van der Waals surface area (Å²) in [6.45, 7) is 0.253. The van der Waals surface area contributed by atoms with E-state index in [4.69, 9.17) is 4.74 Å². The number of halogens is 1. The van der Waals surface area contributed by atoms with E-state index in [0.717, 1.165) is 10.8 Å². The van der Waals surface area contributed by atoms with E-state index in [2.05, 4.69) is 11.4 Å². The predicted molar refractivity (Wildman–Crippen MR) is 85.8 cm³/mol. The van der Waals surface area contributed by atoms with E-state index in [1.54, 1.807) is 7.11 Å². The lowest BCUT2D eigenvalue weighted by atomic mass is 10.2. The van der Waals surface area contributed by atoms with Gasteiger partial charge in [0, 0.05) is 11.5 Å². The number of rotatable bonds is 4. The Bertz CT molecular complexity index is 821. The molecule has 0 spiro atoms. The fourth-order valence-corrected chi connectivity index (χ4v) is 2.38. The second-order valence-electron chi connectivity index (χ2n) is 4.99. The second kappa shape index (κ2) is 7.61. The molecule has 0 bridgehead atoms. The van der Waals surface area contributed by atoms with Crippen LogP contribution in [0, 0.1) is 0 Å². The SMILES string of the molecule is COc1ccccc1NC(=O)C[n+]1ccc2ccccc2c1.[Cl-]. The van der Waals surface area contributed by atoms with Crippen molar-refractivity contribution < 1.29 is 26.5 Å². The zero-order chi connectivity index (χ0) is 15.4. The van der Waals surface area contributed by atoms with Crippen LogP contribution in [0.15, 0.2) is 67.0 Å². The molecule has 0 aliphatic carbocycles. The predicted octanol–water partition coefficient (Wildman–Crippen LogP) is -0.221. The Morgan fingerprint density at radius 3 is 2.52 bits per heavy atom. The van der Waals surface area contributed by atoms with Gasteiger partial charge in [0.15, 0.2) is 12.4 Å². The summed E-state index contributed by atoms with van der Waals surface area (Å²) in [7, 11) is 1.59. The molecule has 23 heavy (non-hydrogen) atoms. The van der Waals surface area contributed by atoms with Gasteiger partial charge < -0.3 is 22.5 Å². The highest BCUT2D eigenvalue weighted by Gasteiger charge is 2.12. The number of carbonyl (C=O) groups excluding carboxylic acids is 1. The molecule has 2 aromatic carbocycles. The average Bonchev–Trinajstić information content (AvgIpc) is 2.55. The zero-order valence-electron chi connectivity index (χ0n) is 12.7. The lowest BCUT2D eigenvalue weighted by Gasteiger charge is -2.08. The highest BCUT2D eigenvalue weighted by atomic mass is 35.5. The van der Waals surface area contributed by atoms with Crippen molar-refractivity contribution in [3.05, 3.63) is 67.0 Å². The normalized spacial score (nSPS) is 9.96. The number of pyridine rings is 1. The van der Waals surface area contributed by atoms with E-state index >= 15 is 0 Å². The van der Waals surface area contributed by atoms with Crippen LogP contribution in [0.2, 0.25) is 0 Å². The Morgan fingerprint density at radius 2 is 1.74 bits per heavy atom. The van der Waals surface area contributed by atoms with E-state index in [9.17, 15) is 4.79 Å². The molecule has 3 rings (SSSR count). The number of carbonyl (C=O) groups is 1. The van der Waals surface area contributed by atoms with Gasteiger partial charge in [0.25, 0.3) is 5.91 Å². The van der Waals surface area contributed by atoms with Crippen molar-refractivity contribution in [3.8, 4) is 5.75 Å². The molecule has 0 aliphatic rings. The topological polar surface area (TPSA) is 42.2 Å². The Hall–Kier alpha value is -2.59. The Morgan fingerprint density at radius 1 is 1.04 bits per heavy atom. The Kier molecular flexibility index (Phi) is 5.55. The van der Waals surface area contributed by atoms with Gasteiger partial charge in [-0.15, -0.1) is 0 Å². The molecule has 0 radical (unpaired) electrons. The molecule has 0 saturated carbocycles. The monoisotopic (exact) mass is 328 g/mol. The first-order valence-corrected chi connectivity index (χ1v) is 7.07. The number of ether oxygens (including phenoxy) is 1. The first kappa shape index (κ1) is 16.8. The smallest absolute Gasteiger partial charge is 0.290 e. The van der Waals surface area contributed by atoms with Crippen LogP contribution < -0.4 is 27.0 Å². The molecule has 5 heteroatoms.